The van der Waals surface area contributed by atoms with Crippen LogP contribution in [-0.2, 0) is 4.74 Å². The maximum atomic E-state index is 12.2. The molecule has 0 bridgehead atoms. The van der Waals surface area contributed by atoms with E-state index in [4.69, 9.17) is 9.72 Å². The molecule has 176 valence electrons. The van der Waals surface area contributed by atoms with Gasteiger partial charge in [-0.2, -0.15) is 0 Å². The van der Waals surface area contributed by atoms with Gasteiger partial charge in [-0.05, 0) is 44.0 Å². The zero-order valence-electron chi connectivity index (χ0n) is 19.5. The Morgan fingerprint density at radius 2 is 1.91 bits per heavy atom. The van der Waals surface area contributed by atoms with E-state index in [1.807, 2.05) is 24.5 Å². The summed E-state index contributed by atoms with van der Waals surface area (Å²) < 4.78 is 5.17. The second-order valence-corrected chi connectivity index (χ2v) is 9.03. The quantitative estimate of drug-likeness (QED) is 0.548. The van der Waals surface area contributed by atoms with Gasteiger partial charge in [0.2, 0.25) is 0 Å². The highest BCUT2D eigenvalue weighted by Gasteiger charge is 2.25. The van der Waals surface area contributed by atoms with Crippen molar-refractivity contribution in [3.05, 3.63) is 55.2 Å². The number of aromatic nitrogens is 3. The standard InChI is InChI=1S/C26H30N6O2/c1-18(2)34-26(33)32-13-11-31(12-14-32)25-22-8-9-27-17-20(22)15-23(30-25)19-7-10-28-24(16-19)29-21-5-3-4-6-21/h7-10,15-17,21H,1,3-6,11-14H2,2H3,(H,28,29). The summed E-state index contributed by atoms with van der Waals surface area (Å²) in [6, 6.07) is 8.67. The van der Waals surface area contributed by atoms with Crippen LogP contribution in [0.4, 0.5) is 16.4 Å². The Balaban J connectivity index is 1.41. The Kier molecular flexibility index (Phi) is 6.29. The minimum Gasteiger partial charge on any atom is -0.416 e. The van der Waals surface area contributed by atoms with Crippen molar-refractivity contribution < 1.29 is 9.53 Å². The third-order valence-electron chi connectivity index (χ3n) is 6.47. The van der Waals surface area contributed by atoms with E-state index in [9.17, 15) is 4.79 Å². The summed E-state index contributed by atoms with van der Waals surface area (Å²) in [4.78, 5) is 30.1. The molecule has 4 heterocycles. The first-order valence-electron chi connectivity index (χ1n) is 11.9. The van der Waals surface area contributed by atoms with Crippen LogP contribution in [0, 0.1) is 0 Å². The van der Waals surface area contributed by atoms with E-state index in [-0.39, 0.29) is 6.09 Å². The van der Waals surface area contributed by atoms with Crippen molar-refractivity contribution in [2.45, 2.75) is 38.6 Å². The summed E-state index contributed by atoms with van der Waals surface area (Å²) in [6.07, 6.45) is 10.1. The molecule has 1 saturated carbocycles. The van der Waals surface area contributed by atoms with Crippen LogP contribution < -0.4 is 10.2 Å². The number of carbonyl (C=O) groups is 1. The Morgan fingerprint density at radius 3 is 2.68 bits per heavy atom. The number of pyridine rings is 3. The van der Waals surface area contributed by atoms with Gasteiger partial charge >= 0.3 is 6.09 Å². The van der Waals surface area contributed by atoms with Crippen LogP contribution >= 0.6 is 0 Å². The van der Waals surface area contributed by atoms with Crippen molar-refractivity contribution in [2.24, 2.45) is 0 Å². The van der Waals surface area contributed by atoms with Crippen LogP contribution in [0.5, 0.6) is 0 Å². The highest BCUT2D eigenvalue weighted by Crippen LogP contribution is 2.31. The lowest BCUT2D eigenvalue weighted by atomic mass is 10.1. The largest absolute Gasteiger partial charge is 0.416 e. The van der Waals surface area contributed by atoms with Crippen LogP contribution in [0.1, 0.15) is 32.6 Å². The Bertz CT molecular complexity index is 1200. The van der Waals surface area contributed by atoms with Crippen LogP contribution in [0.3, 0.4) is 0 Å². The zero-order chi connectivity index (χ0) is 23.5. The smallest absolute Gasteiger partial charge is 0.414 e. The molecule has 3 aromatic heterocycles. The van der Waals surface area contributed by atoms with E-state index >= 15 is 0 Å². The third kappa shape index (κ3) is 4.81. The first-order valence-corrected chi connectivity index (χ1v) is 11.9. The molecule has 0 aromatic carbocycles. The Morgan fingerprint density at radius 1 is 1.12 bits per heavy atom. The first-order chi connectivity index (χ1) is 16.6. The second kappa shape index (κ2) is 9.67. The lowest BCUT2D eigenvalue weighted by Crippen LogP contribution is -2.49. The number of piperazine rings is 1. The fourth-order valence-corrected chi connectivity index (χ4v) is 4.73. The van der Waals surface area contributed by atoms with Gasteiger partial charge in [-0.15, -0.1) is 0 Å². The summed E-state index contributed by atoms with van der Waals surface area (Å²) in [5, 5.41) is 5.66. The molecule has 1 amide bonds. The van der Waals surface area contributed by atoms with E-state index in [0.29, 0.717) is 38.0 Å². The molecule has 0 unspecified atom stereocenters. The summed E-state index contributed by atoms with van der Waals surface area (Å²) in [6.45, 7) is 7.80. The van der Waals surface area contributed by atoms with E-state index in [2.05, 4.69) is 38.9 Å². The minimum absolute atomic E-state index is 0.345. The number of hydrogen-bond donors (Lipinski definition) is 1. The molecule has 0 spiro atoms. The number of fused-ring (bicyclic) bond motifs is 1. The summed E-state index contributed by atoms with van der Waals surface area (Å²) >= 11 is 0. The number of amides is 1. The topological polar surface area (TPSA) is 83.5 Å². The van der Waals surface area contributed by atoms with Crippen LogP contribution in [-0.4, -0.2) is 58.2 Å². The van der Waals surface area contributed by atoms with Crippen molar-refractivity contribution in [2.75, 3.05) is 36.4 Å². The normalized spacial score (nSPS) is 16.6. The number of hydrogen-bond acceptors (Lipinski definition) is 7. The van der Waals surface area contributed by atoms with E-state index < -0.39 is 0 Å². The van der Waals surface area contributed by atoms with Gasteiger partial charge in [0.05, 0.1) is 11.5 Å². The molecule has 1 aliphatic heterocycles. The molecule has 34 heavy (non-hydrogen) atoms. The number of nitrogens with zero attached hydrogens (tertiary/aromatic N) is 5. The molecular formula is C26H30N6O2. The van der Waals surface area contributed by atoms with E-state index in [1.54, 1.807) is 18.0 Å². The van der Waals surface area contributed by atoms with E-state index in [1.165, 1.54) is 25.7 Å². The fourth-order valence-electron chi connectivity index (χ4n) is 4.73. The molecular weight excluding hydrogens is 428 g/mol. The Hall–Kier alpha value is -3.68. The van der Waals surface area contributed by atoms with Crippen LogP contribution in [0.2, 0.25) is 0 Å². The van der Waals surface area contributed by atoms with Crippen molar-refractivity contribution in [1.82, 2.24) is 19.9 Å². The van der Waals surface area contributed by atoms with Gasteiger partial charge in [0.25, 0.3) is 0 Å². The molecule has 1 N–H and O–H groups in total. The number of carbonyl (C=O) groups excluding carboxylic acids is 1. The van der Waals surface area contributed by atoms with Crippen molar-refractivity contribution in [1.29, 1.82) is 0 Å². The van der Waals surface area contributed by atoms with Gasteiger partial charge in [-0.25, -0.2) is 14.8 Å². The number of anilines is 2. The number of ether oxygens (including phenoxy) is 1. The molecule has 5 rings (SSSR count). The predicted octanol–water partition coefficient (Wildman–Crippen LogP) is 4.84. The molecule has 8 nitrogen and oxygen atoms in total. The lowest BCUT2D eigenvalue weighted by molar-refractivity contribution is 0.126. The minimum atomic E-state index is -0.345. The highest BCUT2D eigenvalue weighted by molar-refractivity contribution is 5.94. The lowest BCUT2D eigenvalue weighted by Gasteiger charge is -2.35. The summed E-state index contributed by atoms with van der Waals surface area (Å²) in [7, 11) is 0. The molecule has 0 radical (unpaired) electrons. The predicted molar refractivity (Wildman–Crippen MR) is 134 cm³/mol. The number of nitrogens with one attached hydrogen (secondary N) is 1. The van der Waals surface area contributed by atoms with Crippen molar-refractivity contribution in [3.63, 3.8) is 0 Å². The third-order valence-corrected chi connectivity index (χ3v) is 6.47. The van der Waals surface area contributed by atoms with Crippen LogP contribution in [0.15, 0.2) is 55.2 Å². The maximum Gasteiger partial charge on any atom is 0.414 e. The molecule has 8 heteroatoms. The van der Waals surface area contributed by atoms with Crippen LogP contribution in [0.25, 0.3) is 22.0 Å². The summed E-state index contributed by atoms with van der Waals surface area (Å²) in [5.41, 5.74) is 1.91. The van der Waals surface area contributed by atoms with Gasteiger partial charge in [-0.3, -0.25) is 4.98 Å². The maximum absolute atomic E-state index is 12.2. The molecule has 1 saturated heterocycles. The number of rotatable bonds is 5. The zero-order valence-corrected chi connectivity index (χ0v) is 19.5. The summed E-state index contributed by atoms with van der Waals surface area (Å²) in [5.74, 6) is 2.20. The van der Waals surface area contributed by atoms with Gasteiger partial charge in [0, 0.05) is 67.1 Å². The first kappa shape index (κ1) is 22.1. The molecule has 1 aliphatic carbocycles. The molecule has 2 fully saturated rings. The van der Waals surface area contributed by atoms with Gasteiger partial charge in [-0.1, -0.05) is 19.4 Å². The van der Waals surface area contributed by atoms with Crippen molar-refractivity contribution >= 4 is 28.5 Å². The van der Waals surface area contributed by atoms with Crippen molar-refractivity contribution in [3.8, 4) is 11.3 Å². The average Bonchev–Trinajstić information content (AvgIpc) is 3.36. The SMILES string of the molecule is C=C(C)OC(=O)N1CCN(c2nc(-c3ccnc(NC4CCCC4)c3)cc3cnccc23)CC1. The van der Waals surface area contributed by atoms with Gasteiger partial charge < -0.3 is 19.9 Å². The Labute approximate surface area is 199 Å². The molecule has 3 aromatic rings. The average molecular weight is 459 g/mol. The molecule has 0 atom stereocenters. The fraction of sp³-hybridized carbons (Fsp3) is 0.385. The molecule has 2 aliphatic rings. The number of allylic oxidation sites excluding steroid dienone is 1. The van der Waals surface area contributed by atoms with E-state index in [0.717, 1.165) is 33.7 Å². The second-order valence-electron chi connectivity index (χ2n) is 9.03. The monoisotopic (exact) mass is 458 g/mol. The van der Waals surface area contributed by atoms with Gasteiger partial charge in [0.1, 0.15) is 11.6 Å². The highest BCUT2D eigenvalue weighted by atomic mass is 16.6. The van der Waals surface area contributed by atoms with Gasteiger partial charge in [0.15, 0.2) is 0 Å².